The van der Waals surface area contributed by atoms with Crippen molar-refractivity contribution < 1.29 is 4.84 Å². The van der Waals surface area contributed by atoms with Crippen LogP contribution in [0.2, 0.25) is 0 Å². The lowest BCUT2D eigenvalue weighted by Gasteiger charge is -2.04. The van der Waals surface area contributed by atoms with Crippen molar-refractivity contribution in [3.8, 4) is 0 Å². The van der Waals surface area contributed by atoms with Crippen LogP contribution in [0.3, 0.4) is 0 Å². The van der Waals surface area contributed by atoms with Gasteiger partial charge in [0.05, 0.1) is 7.11 Å². The van der Waals surface area contributed by atoms with Gasteiger partial charge in [-0.25, -0.2) is 10.5 Å². The summed E-state index contributed by atoms with van der Waals surface area (Å²) in [5.74, 6) is 1.03. The number of aryl methyl sites for hydroxylation is 1. The summed E-state index contributed by atoms with van der Waals surface area (Å²) >= 11 is 0. The van der Waals surface area contributed by atoms with Gasteiger partial charge in [0.15, 0.2) is 0 Å². The number of imidazole rings is 1. The van der Waals surface area contributed by atoms with Gasteiger partial charge in [0, 0.05) is 25.5 Å². The first-order valence-corrected chi connectivity index (χ1v) is 3.58. The smallest absolute Gasteiger partial charge is 0.105 e. The molecule has 1 N–H and O–H groups in total. The largest absolute Gasteiger partial charge is 0.334 e. The molecule has 0 atom stereocenters. The Labute approximate surface area is 66.1 Å². The second-order valence-electron chi connectivity index (χ2n) is 2.27. The van der Waals surface area contributed by atoms with Gasteiger partial charge in [0.2, 0.25) is 0 Å². The lowest BCUT2D eigenvalue weighted by molar-refractivity contribution is 0.0891. The minimum Gasteiger partial charge on any atom is -0.334 e. The highest BCUT2D eigenvalue weighted by Gasteiger charge is 1.93. The second kappa shape index (κ2) is 4.10. The summed E-state index contributed by atoms with van der Waals surface area (Å²) in [7, 11) is 1.61. The van der Waals surface area contributed by atoms with E-state index in [4.69, 9.17) is 4.84 Å². The van der Waals surface area contributed by atoms with E-state index in [2.05, 4.69) is 15.0 Å². The van der Waals surface area contributed by atoms with Gasteiger partial charge in [-0.05, 0) is 6.92 Å². The van der Waals surface area contributed by atoms with E-state index < -0.39 is 0 Å². The molecule has 1 aromatic heterocycles. The van der Waals surface area contributed by atoms with Crippen molar-refractivity contribution in [2.24, 2.45) is 0 Å². The molecule has 0 spiro atoms. The van der Waals surface area contributed by atoms with Gasteiger partial charge < -0.3 is 9.40 Å². The number of hydroxylamine groups is 1. The Morgan fingerprint density at radius 1 is 1.73 bits per heavy atom. The molecule has 4 heteroatoms. The van der Waals surface area contributed by atoms with Crippen molar-refractivity contribution in [2.75, 3.05) is 13.7 Å². The summed E-state index contributed by atoms with van der Waals surface area (Å²) in [6.07, 6.45) is 3.74. The van der Waals surface area contributed by atoms with Crippen LogP contribution in [0.1, 0.15) is 5.82 Å². The zero-order chi connectivity index (χ0) is 8.10. The van der Waals surface area contributed by atoms with Crippen LogP contribution in [0.4, 0.5) is 0 Å². The molecule has 0 fully saturated rings. The number of hydrogen-bond donors (Lipinski definition) is 1. The van der Waals surface area contributed by atoms with E-state index in [1.54, 1.807) is 13.3 Å². The summed E-state index contributed by atoms with van der Waals surface area (Å²) < 4.78 is 2.06. The van der Waals surface area contributed by atoms with Crippen molar-refractivity contribution >= 4 is 0 Å². The van der Waals surface area contributed by atoms with Crippen molar-refractivity contribution in [2.45, 2.75) is 13.5 Å². The summed E-state index contributed by atoms with van der Waals surface area (Å²) in [6, 6.07) is 0. The SMILES string of the molecule is CONCCn1ccnc1C. The third-order valence-electron chi connectivity index (χ3n) is 1.52. The summed E-state index contributed by atoms with van der Waals surface area (Å²) in [6.45, 7) is 3.67. The van der Waals surface area contributed by atoms with Gasteiger partial charge in [-0.2, -0.15) is 0 Å². The normalized spacial score (nSPS) is 10.4. The summed E-state index contributed by atoms with van der Waals surface area (Å²) in [5.41, 5.74) is 2.77. The van der Waals surface area contributed by atoms with Crippen LogP contribution in [-0.4, -0.2) is 23.2 Å². The molecule has 11 heavy (non-hydrogen) atoms. The van der Waals surface area contributed by atoms with Crippen LogP contribution in [0.25, 0.3) is 0 Å². The van der Waals surface area contributed by atoms with Crippen LogP contribution >= 0.6 is 0 Å². The zero-order valence-electron chi connectivity index (χ0n) is 6.87. The highest BCUT2D eigenvalue weighted by atomic mass is 16.6. The third-order valence-corrected chi connectivity index (χ3v) is 1.52. The Morgan fingerprint density at radius 3 is 3.09 bits per heavy atom. The lowest BCUT2D eigenvalue weighted by atomic mass is 10.6. The van der Waals surface area contributed by atoms with Gasteiger partial charge in [0.25, 0.3) is 0 Å². The topological polar surface area (TPSA) is 39.1 Å². The molecule has 0 saturated heterocycles. The average molecular weight is 155 g/mol. The average Bonchev–Trinajstić information content (AvgIpc) is 2.37. The number of rotatable bonds is 4. The minimum absolute atomic E-state index is 0.799. The Balaban J connectivity index is 2.32. The predicted molar refractivity (Wildman–Crippen MR) is 42.0 cm³/mol. The molecule has 0 aromatic carbocycles. The van der Waals surface area contributed by atoms with E-state index in [0.717, 1.165) is 18.9 Å². The predicted octanol–water partition coefficient (Wildman–Crippen LogP) is 0.343. The van der Waals surface area contributed by atoms with Gasteiger partial charge in [-0.15, -0.1) is 0 Å². The molecule has 0 aliphatic carbocycles. The number of nitrogens with one attached hydrogen (secondary N) is 1. The highest BCUT2D eigenvalue weighted by Crippen LogP contribution is 1.92. The Hall–Kier alpha value is -0.870. The first kappa shape index (κ1) is 8.23. The minimum atomic E-state index is 0.799. The van der Waals surface area contributed by atoms with Gasteiger partial charge in [-0.1, -0.05) is 0 Å². The molecule has 1 heterocycles. The Kier molecular flexibility index (Phi) is 3.07. The van der Waals surface area contributed by atoms with Crippen molar-refractivity contribution in [1.82, 2.24) is 15.0 Å². The van der Waals surface area contributed by atoms with E-state index in [-0.39, 0.29) is 0 Å². The molecule has 0 radical (unpaired) electrons. The van der Waals surface area contributed by atoms with Crippen molar-refractivity contribution in [1.29, 1.82) is 0 Å². The van der Waals surface area contributed by atoms with Crippen molar-refractivity contribution in [3.05, 3.63) is 18.2 Å². The molecular weight excluding hydrogens is 142 g/mol. The molecular formula is C7H13N3O. The Morgan fingerprint density at radius 2 is 2.55 bits per heavy atom. The van der Waals surface area contributed by atoms with Gasteiger partial charge in [-0.3, -0.25) is 0 Å². The van der Waals surface area contributed by atoms with Crippen LogP contribution < -0.4 is 5.48 Å². The van der Waals surface area contributed by atoms with Gasteiger partial charge in [0.1, 0.15) is 5.82 Å². The first-order valence-electron chi connectivity index (χ1n) is 3.58. The Bertz CT molecular complexity index is 209. The number of nitrogens with zero attached hydrogens (tertiary/aromatic N) is 2. The highest BCUT2D eigenvalue weighted by molar-refractivity contribution is 4.88. The van der Waals surface area contributed by atoms with E-state index in [1.165, 1.54) is 0 Å². The fourth-order valence-electron chi connectivity index (χ4n) is 0.908. The first-order chi connectivity index (χ1) is 5.34. The maximum atomic E-state index is 4.70. The molecule has 1 rings (SSSR count). The van der Waals surface area contributed by atoms with E-state index in [0.29, 0.717) is 0 Å². The molecule has 0 saturated carbocycles. The molecule has 0 aliphatic heterocycles. The molecule has 0 bridgehead atoms. The number of hydrogen-bond acceptors (Lipinski definition) is 3. The molecule has 4 nitrogen and oxygen atoms in total. The van der Waals surface area contributed by atoms with Crippen molar-refractivity contribution in [3.63, 3.8) is 0 Å². The monoisotopic (exact) mass is 155 g/mol. The molecule has 0 aliphatic rings. The van der Waals surface area contributed by atoms with Crippen LogP contribution in [0.5, 0.6) is 0 Å². The molecule has 0 amide bonds. The van der Waals surface area contributed by atoms with Crippen LogP contribution in [0.15, 0.2) is 12.4 Å². The molecule has 1 aromatic rings. The fourth-order valence-corrected chi connectivity index (χ4v) is 0.908. The number of aromatic nitrogens is 2. The van der Waals surface area contributed by atoms with E-state index in [1.807, 2.05) is 13.1 Å². The standard InChI is InChI=1S/C7H13N3O/c1-7-8-3-5-10(7)6-4-9-11-2/h3,5,9H,4,6H2,1-2H3. The molecule has 62 valence electrons. The molecule has 0 unspecified atom stereocenters. The van der Waals surface area contributed by atoms with E-state index in [9.17, 15) is 0 Å². The van der Waals surface area contributed by atoms with Crippen LogP contribution in [0, 0.1) is 6.92 Å². The maximum absolute atomic E-state index is 4.70. The van der Waals surface area contributed by atoms with E-state index >= 15 is 0 Å². The summed E-state index contributed by atoms with van der Waals surface area (Å²) in [5, 5.41) is 0. The maximum Gasteiger partial charge on any atom is 0.105 e. The quantitative estimate of drug-likeness (QED) is 0.503. The third kappa shape index (κ3) is 2.32. The van der Waals surface area contributed by atoms with Crippen LogP contribution in [-0.2, 0) is 11.4 Å². The summed E-state index contributed by atoms with van der Waals surface area (Å²) in [4.78, 5) is 8.79. The zero-order valence-corrected chi connectivity index (χ0v) is 6.87. The second-order valence-corrected chi connectivity index (χ2v) is 2.27. The lowest BCUT2D eigenvalue weighted by Crippen LogP contribution is -2.18. The fraction of sp³-hybridized carbons (Fsp3) is 0.571. The van der Waals surface area contributed by atoms with Gasteiger partial charge >= 0.3 is 0 Å².